The standard InChI is InChI=1S/C10H21N3O2/c1-10(2,7-11)9(15)13(5)6-8(14)12(3)4/h6-7,11H2,1-5H3. The van der Waals surface area contributed by atoms with Crippen molar-refractivity contribution in [3.8, 4) is 0 Å². The van der Waals surface area contributed by atoms with Crippen LogP contribution in [0.1, 0.15) is 13.8 Å². The second-order valence-corrected chi connectivity index (χ2v) is 4.54. The maximum atomic E-state index is 11.8. The minimum Gasteiger partial charge on any atom is -0.347 e. The van der Waals surface area contributed by atoms with Crippen molar-refractivity contribution in [3.63, 3.8) is 0 Å². The second-order valence-electron chi connectivity index (χ2n) is 4.54. The Kier molecular flexibility index (Phi) is 4.74. The van der Waals surface area contributed by atoms with Crippen LogP contribution in [0.2, 0.25) is 0 Å². The topological polar surface area (TPSA) is 66.6 Å². The highest BCUT2D eigenvalue weighted by molar-refractivity contribution is 5.87. The maximum absolute atomic E-state index is 11.8. The summed E-state index contributed by atoms with van der Waals surface area (Å²) in [6, 6.07) is 0. The molecule has 0 rings (SSSR count). The van der Waals surface area contributed by atoms with E-state index in [9.17, 15) is 9.59 Å². The highest BCUT2D eigenvalue weighted by Crippen LogP contribution is 2.15. The fourth-order valence-corrected chi connectivity index (χ4v) is 1.02. The van der Waals surface area contributed by atoms with Crippen molar-refractivity contribution < 1.29 is 9.59 Å². The lowest BCUT2D eigenvalue weighted by atomic mass is 9.92. The van der Waals surface area contributed by atoms with Gasteiger partial charge >= 0.3 is 0 Å². The van der Waals surface area contributed by atoms with Gasteiger partial charge in [0.15, 0.2) is 0 Å². The molecule has 0 saturated carbocycles. The van der Waals surface area contributed by atoms with Crippen LogP contribution in [0.15, 0.2) is 0 Å². The van der Waals surface area contributed by atoms with E-state index >= 15 is 0 Å². The predicted molar refractivity (Wildman–Crippen MR) is 59.2 cm³/mol. The first-order valence-electron chi connectivity index (χ1n) is 4.88. The Bertz CT molecular complexity index is 249. The van der Waals surface area contributed by atoms with Crippen molar-refractivity contribution in [2.45, 2.75) is 13.8 Å². The van der Waals surface area contributed by atoms with Gasteiger partial charge < -0.3 is 15.5 Å². The number of nitrogens with zero attached hydrogens (tertiary/aromatic N) is 2. The average molecular weight is 215 g/mol. The zero-order valence-corrected chi connectivity index (χ0v) is 10.2. The molecule has 15 heavy (non-hydrogen) atoms. The van der Waals surface area contributed by atoms with Gasteiger partial charge in [-0.15, -0.1) is 0 Å². The number of amides is 2. The molecule has 0 aliphatic heterocycles. The van der Waals surface area contributed by atoms with E-state index < -0.39 is 5.41 Å². The summed E-state index contributed by atoms with van der Waals surface area (Å²) >= 11 is 0. The smallest absolute Gasteiger partial charge is 0.241 e. The molecule has 0 aromatic heterocycles. The van der Waals surface area contributed by atoms with Gasteiger partial charge in [0, 0.05) is 27.7 Å². The lowest BCUT2D eigenvalue weighted by Crippen LogP contribution is -2.46. The van der Waals surface area contributed by atoms with Crippen LogP contribution in [0.3, 0.4) is 0 Å². The number of nitrogens with two attached hydrogens (primary N) is 1. The molecule has 5 heteroatoms. The minimum absolute atomic E-state index is 0.0925. The van der Waals surface area contributed by atoms with Crippen LogP contribution in [0.25, 0.3) is 0 Å². The van der Waals surface area contributed by atoms with Gasteiger partial charge in [-0.1, -0.05) is 0 Å². The normalized spacial score (nSPS) is 11.1. The van der Waals surface area contributed by atoms with E-state index in [1.165, 1.54) is 9.80 Å². The number of rotatable bonds is 4. The first-order chi connectivity index (χ1) is 6.72. The Morgan fingerprint density at radius 3 is 2.00 bits per heavy atom. The van der Waals surface area contributed by atoms with Crippen LogP contribution in [0.5, 0.6) is 0 Å². The van der Waals surface area contributed by atoms with Crippen LogP contribution < -0.4 is 5.73 Å². The zero-order chi connectivity index (χ0) is 12.2. The molecule has 0 bridgehead atoms. The molecular formula is C10H21N3O2. The first kappa shape index (κ1) is 13.9. The summed E-state index contributed by atoms with van der Waals surface area (Å²) in [7, 11) is 4.94. The summed E-state index contributed by atoms with van der Waals surface area (Å²) in [5, 5.41) is 0. The quantitative estimate of drug-likeness (QED) is 0.688. The number of hydrogen-bond acceptors (Lipinski definition) is 3. The van der Waals surface area contributed by atoms with E-state index in [2.05, 4.69) is 0 Å². The summed E-state index contributed by atoms with van der Waals surface area (Å²) in [5.41, 5.74) is 4.88. The van der Waals surface area contributed by atoms with Gasteiger partial charge in [-0.3, -0.25) is 9.59 Å². The highest BCUT2D eigenvalue weighted by atomic mass is 16.2. The van der Waals surface area contributed by atoms with Crippen LogP contribution in [-0.4, -0.2) is 55.8 Å². The van der Waals surface area contributed by atoms with Gasteiger partial charge in [-0.25, -0.2) is 0 Å². The molecule has 0 fully saturated rings. The number of carbonyl (C=O) groups excluding carboxylic acids is 2. The number of hydrogen-bond donors (Lipinski definition) is 1. The molecule has 0 atom stereocenters. The molecule has 0 heterocycles. The molecule has 88 valence electrons. The molecular weight excluding hydrogens is 194 g/mol. The number of likely N-dealkylation sites (N-methyl/N-ethyl adjacent to an activating group) is 2. The lowest BCUT2D eigenvalue weighted by molar-refractivity contribution is -0.143. The third kappa shape index (κ3) is 3.87. The molecule has 5 nitrogen and oxygen atoms in total. The summed E-state index contributed by atoms with van der Waals surface area (Å²) in [4.78, 5) is 26.1. The van der Waals surface area contributed by atoms with Crippen molar-refractivity contribution in [1.82, 2.24) is 9.80 Å². The van der Waals surface area contributed by atoms with Crippen molar-refractivity contribution in [1.29, 1.82) is 0 Å². The zero-order valence-electron chi connectivity index (χ0n) is 10.2. The summed E-state index contributed by atoms with van der Waals surface area (Å²) < 4.78 is 0. The van der Waals surface area contributed by atoms with E-state index in [1.54, 1.807) is 35.0 Å². The second kappa shape index (κ2) is 5.11. The molecule has 0 aliphatic carbocycles. The molecule has 2 amide bonds. The Morgan fingerprint density at radius 1 is 1.20 bits per heavy atom. The van der Waals surface area contributed by atoms with E-state index in [1.807, 2.05) is 0 Å². The van der Waals surface area contributed by atoms with E-state index in [4.69, 9.17) is 5.73 Å². The molecule has 0 spiro atoms. The SMILES string of the molecule is CN(C)C(=O)CN(C)C(=O)C(C)(C)CN. The van der Waals surface area contributed by atoms with Crippen molar-refractivity contribution in [2.75, 3.05) is 34.2 Å². The van der Waals surface area contributed by atoms with Gasteiger partial charge in [-0.2, -0.15) is 0 Å². The number of carbonyl (C=O) groups is 2. The average Bonchev–Trinajstić information content (AvgIpc) is 2.16. The molecule has 0 aromatic carbocycles. The summed E-state index contributed by atoms with van der Waals surface area (Å²) in [6.07, 6.45) is 0. The fraction of sp³-hybridized carbons (Fsp3) is 0.800. The molecule has 0 unspecified atom stereocenters. The van der Waals surface area contributed by atoms with Crippen LogP contribution in [0.4, 0.5) is 0 Å². The van der Waals surface area contributed by atoms with Crippen molar-refractivity contribution in [3.05, 3.63) is 0 Å². The van der Waals surface area contributed by atoms with E-state index in [0.717, 1.165) is 0 Å². The monoisotopic (exact) mass is 215 g/mol. The highest BCUT2D eigenvalue weighted by Gasteiger charge is 2.29. The van der Waals surface area contributed by atoms with Crippen molar-refractivity contribution >= 4 is 11.8 Å². The Balaban J connectivity index is 4.41. The molecule has 0 aromatic rings. The van der Waals surface area contributed by atoms with Crippen LogP contribution in [-0.2, 0) is 9.59 Å². The summed E-state index contributed by atoms with van der Waals surface area (Å²) in [5.74, 6) is -0.209. The lowest BCUT2D eigenvalue weighted by Gasteiger charge is -2.28. The van der Waals surface area contributed by atoms with Gasteiger partial charge in [0.05, 0.1) is 12.0 Å². The molecule has 0 radical (unpaired) electrons. The first-order valence-corrected chi connectivity index (χ1v) is 4.88. The Hall–Kier alpha value is -1.10. The summed E-state index contributed by atoms with van der Waals surface area (Å²) in [6.45, 7) is 3.90. The third-order valence-corrected chi connectivity index (χ3v) is 2.31. The van der Waals surface area contributed by atoms with Gasteiger partial charge in [0.1, 0.15) is 0 Å². The van der Waals surface area contributed by atoms with Crippen LogP contribution in [0, 0.1) is 5.41 Å². The van der Waals surface area contributed by atoms with E-state index in [0.29, 0.717) is 0 Å². The molecule has 0 saturated heterocycles. The van der Waals surface area contributed by atoms with Gasteiger partial charge in [0.25, 0.3) is 0 Å². The fourth-order valence-electron chi connectivity index (χ4n) is 1.02. The predicted octanol–water partition coefficient (Wildman–Crippen LogP) is -0.482. The van der Waals surface area contributed by atoms with Gasteiger partial charge in [0.2, 0.25) is 11.8 Å². The molecule has 0 aliphatic rings. The van der Waals surface area contributed by atoms with E-state index in [-0.39, 0.29) is 24.9 Å². The molecule has 2 N–H and O–H groups in total. The Labute approximate surface area is 91.2 Å². The van der Waals surface area contributed by atoms with Crippen LogP contribution >= 0.6 is 0 Å². The van der Waals surface area contributed by atoms with Gasteiger partial charge in [-0.05, 0) is 13.8 Å². The maximum Gasteiger partial charge on any atom is 0.241 e. The third-order valence-electron chi connectivity index (χ3n) is 2.31. The minimum atomic E-state index is -0.610. The Morgan fingerprint density at radius 2 is 1.67 bits per heavy atom. The largest absolute Gasteiger partial charge is 0.347 e. The van der Waals surface area contributed by atoms with Crippen molar-refractivity contribution in [2.24, 2.45) is 11.1 Å².